The number of methoxy groups -OCH3 is 1. The number of rotatable bonds is 7. The predicted octanol–water partition coefficient (Wildman–Crippen LogP) is 3.84. The molecule has 3 aromatic rings. The van der Waals surface area contributed by atoms with Crippen molar-refractivity contribution < 1.29 is 14.3 Å². The zero-order valence-corrected chi connectivity index (χ0v) is 17.2. The monoisotopic (exact) mass is 402 g/mol. The number of Topliss-reactive ketones (excluding diaryl/α,β-unsaturated/α-hetero) is 1. The molecular weight excluding hydrogens is 376 g/mol. The van der Waals surface area contributed by atoms with Gasteiger partial charge in [0.05, 0.1) is 18.2 Å². The van der Waals surface area contributed by atoms with Crippen molar-refractivity contribution in [3.63, 3.8) is 0 Å². The number of ketones is 1. The van der Waals surface area contributed by atoms with E-state index in [1.165, 1.54) is 12.7 Å². The van der Waals surface area contributed by atoms with Crippen molar-refractivity contribution in [2.24, 2.45) is 0 Å². The average molecular weight is 402 g/mol. The predicted molar refractivity (Wildman–Crippen MR) is 117 cm³/mol. The number of nitrogens with zero attached hydrogens (tertiary/aromatic N) is 2. The van der Waals surface area contributed by atoms with E-state index in [1.54, 1.807) is 0 Å². The van der Waals surface area contributed by atoms with Gasteiger partial charge in [0.2, 0.25) is 0 Å². The zero-order valence-electron chi connectivity index (χ0n) is 17.2. The van der Waals surface area contributed by atoms with Gasteiger partial charge >= 0.3 is 5.97 Å². The van der Waals surface area contributed by atoms with Crippen molar-refractivity contribution in [2.45, 2.75) is 31.8 Å². The van der Waals surface area contributed by atoms with Gasteiger partial charge in [0.25, 0.3) is 5.78 Å². The highest BCUT2D eigenvalue weighted by atomic mass is 16.5. The van der Waals surface area contributed by atoms with E-state index in [0.29, 0.717) is 11.6 Å². The fourth-order valence-electron chi connectivity index (χ4n) is 4.54. The molecule has 30 heavy (non-hydrogen) atoms. The maximum absolute atomic E-state index is 12.8. The topological polar surface area (TPSA) is 51.0 Å². The summed E-state index contributed by atoms with van der Waals surface area (Å²) in [5.41, 5.74) is 4.63. The molecule has 5 nitrogen and oxygen atoms in total. The standard InChI is InChI=1S/C25H26N2O3/c1-3-14-26(17-18-9-5-4-6-10-18)19-12-13-20-22(16-19)27-15-8-7-11-21(27)23(20)24(28)25(29)30-2/h3-11,15,19H,1,12-14,16-17H2,2H3. The molecule has 2 aromatic heterocycles. The molecule has 1 unspecified atom stereocenters. The van der Waals surface area contributed by atoms with Crippen LogP contribution in [0, 0.1) is 0 Å². The second-order valence-corrected chi connectivity index (χ2v) is 7.68. The molecule has 0 radical (unpaired) electrons. The molecule has 0 saturated heterocycles. The fraction of sp³-hybridized carbons (Fsp3) is 0.280. The van der Waals surface area contributed by atoms with Crippen LogP contribution in [-0.4, -0.2) is 40.7 Å². The van der Waals surface area contributed by atoms with E-state index in [4.69, 9.17) is 4.74 Å². The first-order valence-corrected chi connectivity index (χ1v) is 10.3. The summed E-state index contributed by atoms with van der Waals surface area (Å²) in [4.78, 5) is 27.2. The summed E-state index contributed by atoms with van der Waals surface area (Å²) in [6, 6.07) is 16.5. The zero-order chi connectivity index (χ0) is 21.1. The van der Waals surface area contributed by atoms with Crippen LogP contribution in [0.5, 0.6) is 0 Å². The second kappa shape index (κ2) is 8.67. The van der Waals surface area contributed by atoms with Gasteiger partial charge in [0.15, 0.2) is 0 Å². The van der Waals surface area contributed by atoms with Crippen molar-refractivity contribution in [3.8, 4) is 0 Å². The maximum Gasteiger partial charge on any atom is 0.379 e. The van der Waals surface area contributed by atoms with Crippen LogP contribution in [0.15, 0.2) is 67.4 Å². The van der Waals surface area contributed by atoms with E-state index in [2.05, 4.69) is 40.1 Å². The van der Waals surface area contributed by atoms with E-state index in [1.807, 2.05) is 36.5 Å². The number of carbonyl (C=O) groups excluding carboxylic acids is 2. The van der Waals surface area contributed by atoms with E-state index in [-0.39, 0.29) is 0 Å². The van der Waals surface area contributed by atoms with E-state index < -0.39 is 11.8 Å². The van der Waals surface area contributed by atoms with Crippen LogP contribution < -0.4 is 0 Å². The Kier molecular flexibility index (Phi) is 5.81. The normalized spacial score (nSPS) is 15.7. The number of benzene rings is 1. The molecule has 0 fully saturated rings. The lowest BCUT2D eigenvalue weighted by Crippen LogP contribution is -2.39. The van der Waals surface area contributed by atoms with Gasteiger partial charge in [-0.2, -0.15) is 0 Å². The third-order valence-electron chi connectivity index (χ3n) is 5.92. The van der Waals surface area contributed by atoms with Gasteiger partial charge in [-0.15, -0.1) is 6.58 Å². The minimum Gasteiger partial charge on any atom is -0.463 e. The first-order chi connectivity index (χ1) is 14.6. The SMILES string of the molecule is C=CCN(Cc1ccccc1)C1CCc2c(C(=O)C(=O)OC)c3ccccn3c2C1. The lowest BCUT2D eigenvalue weighted by atomic mass is 9.88. The van der Waals surface area contributed by atoms with Crippen LogP contribution in [0.1, 0.15) is 33.6 Å². The summed E-state index contributed by atoms with van der Waals surface area (Å²) >= 11 is 0. The summed E-state index contributed by atoms with van der Waals surface area (Å²) < 4.78 is 6.78. The van der Waals surface area contributed by atoms with Gasteiger partial charge in [0, 0.05) is 37.4 Å². The lowest BCUT2D eigenvalue weighted by Gasteiger charge is -2.34. The average Bonchev–Trinajstić information content (AvgIpc) is 3.12. The van der Waals surface area contributed by atoms with Crippen LogP contribution in [0.25, 0.3) is 5.52 Å². The summed E-state index contributed by atoms with van der Waals surface area (Å²) in [6.45, 7) is 5.59. The first kappa shape index (κ1) is 20.1. The number of hydrogen-bond acceptors (Lipinski definition) is 4. The molecule has 1 atom stereocenters. The number of fused-ring (bicyclic) bond motifs is 3. The highest BCUT2D eigenvalue weighted by Crippen LogP contribution is 2.33. The minimum atomic E-state index is -0.811. The highest BCUT2D eigenvalue weighted by Gasteiger charge is 2.33. The van der Waals surface area contributed by atoms with Crippen LogP contribution in [0.2, 0.25) is 0 Å². The van der Waals surface area contributed by atoms with Gasteiger partial charge in [-0.05, 0) is 36.1 Å². The van der Waals surface area contributed by atoms with Crippen molar-refractivity contribution >= 4 is 17.3 Å². The van der Waals surface area contributed by atoms with Gasteiger partial charge < -0.3 is 9.14 Å². The Labute approximate surface area is 176 Å². The number of carbonyl (C=O) groups is 2. The molecule has 0 N–H and O–H groups in total. The number of aromatic nitrogens is 1. The van der Waals surface area contributed by atoms with Gasteiger partial charge in [-0.25, -0.2) is 4.79 Å². The molecule has 2 heterocycles. The molecule has 0 bridgehead atoms. The molecule has 1 aliphatic rings. The molecule has 4 rings (SSSR count). The quantitative estimate of drug-likeness (QED) is 0.261. The molecule has 0 aliphatic heterocycles. The summed E-state index contributed by atoms with van der Waals surface area (Å²) in [7, 11) is 1.25. The third-order valence-corrected chi connectivity index (χ3v) is 5.92. The van der Waals surface area contributed by atoms with Crippen LogP contribution in [0.3, 0.4) is 0 Å². The number of esters is 1. The Morgan fingerprint density at radius 1 is 1.20 bits per heavy atom. The second-order valence-electron chi connectivity index (χ2n) is 7.68. The minimum absolute atomic E-state index is 0.329. The molecule has 1 aliphatic carbocycles. The third kappa shape index (κ3) is 3.68. The summed E-state index contributed by atoms with van der Waals surface area (Å²) in [5, 5.41) is 0. The number of pyridine rings is 1. The molecular formula is C25H26N2O3. The summed E-state index contributed by atoms with van der Waals surface area (Å²) in [5.74, 6) is -1.37. The Morgan fingerprint density at radius 2 is 1.97 bits per heavy atom. The fourth-order valence-corrected chi connectivity index (χ4v) is 4.54. The van der Waals surface area contributed by atoms with Crippen molar-refractivity contribution in [1.29, 1.82) is 0 Å². The Morgan fingerprint density at radius 3 is 2.70 bits per heavy atom. The molecule has 0 spiro atoms. The largest absolute Gasteiger partial charge is 0.463 e. The van der Waals surface area contributed by atoms with Crippen molar-refractivity contribution in [1.82, 2.24) is 9.30 Å². The molecule has 0 amide bonds. The van der Waals surface area contributed by atoms with Crippen LogP contribution in [0.4, 0.5) is 0 Å². The molecule has 5 heteroatoms. The van der Waals surface area contributed by atoms with Crippen molar-refractivity contribution in [3.05, 3.63) is 89.8 Å². The van der Waals surface area contributed by atoms with Gasteiger partial charge in [0.1, 0.15) is 0 Å². The highest BCUT2D eigenvalue weighted by molar-refractivity contribution is 6.42. The smallest absolute Gasteiger partial charge is 0.379 e. The molecule has 154 valence electrons. The first-order valence-electron chi connectivity index (χ1n) is 10.3. The Balaban J connectivity index is 1.70. The van der Waals surface area contributed by atoms with Gasteiger partial charge in [-0.1, -0.05) is 42.5 Å². The molecule has 1 aromatic carbocycles. The lowest BCUT2D eigenvalue weighted by molar-refractivity contribution is -0.135. The van der Waals surface area contributed by atoms with Crippen LogP contribution >= 0.6 is 0 Å². The Hall–Kier alpha value is -3.18. The van der Waals surface area contributed by atoms with E-state index in [0.717, 1.165) is 49.1 Å². The van der Waals surface area contributed by atoms with Gasteiger partial charge in [-0.3, -0.25) is 9.69 Å². The van der Waals surface area contributed by atoms with Crippen LogP contribution in [-0.2, 0) is 28.9 Å². The summed E-state index contributed by atoms with van der Waals surface area (Å²) in [6.07, 6.45) is 6.41. The van der Waals surface area contributed by atoms with Crippen molar-refractivity contribution in [2.75, 3.05) is 13.7 Å². The molecule has 0 saturated carbocycles. The maximum atomic E-state index is 12.8. The number of hydrogen-bond donors (Lipinski definition) is 0. The van der Waals surface area contributed by atoms with E-state index >= 15 is 0 Å². The Bertz CT molecular complexity index is 1080. The number of ether oxygens (including phenoxy) is 1. The van der Waals surface area contributed by atoms with E-state index in [9.17, 15) is 9.59 Å².